The Bertz CT molecular complexity index is 738. The van der Waals surface area contributed by atoms with Crippen LogP contribution >= 0.6 is 0 Å². The first kappa shape index (κ1) is 12.6. The smallest absolute Gasteiger partial charge is 0.237 e. The SMILES string of the molecule is CCCc1ccc2c(c1)CC1(C2)C(=O)Nc2ncccc21. The van der Waals surface area contributed by atoms with Gasteiger partial charge in [0.25, 0.3) is 0 Å². The number of nitrogens with one attached hydrogen (secondary N) is 1. The molecule has 2 aliphatic rings. The molecule has 0 bridgehead atoms. The molecule has 2 heterocycles. The molecular formula is C18H18N2O. The van der Waals surface area contributed by atoms with Gasteiger partial charge in [0.2, 0.25) is 5.91 Å². The molecule has 1 unspecified atom stereocenters. The number of aromatic nitrogens is 1. The van der Waals surface area contributed by atoms with Gasteiger partial charge in [-0.15, -0.1) is 0 Å². The predicted molar refractivity (Wildman–Crippen MR) is 82.4 cm³/mol. The Morgan fingerprint density at radius 2 is 2.10 bits per heavy atom. The lowest BCUT2D eigenvalue weighted by atomic mass is 9.79. The van der Waals surface area contributed by atoms with Crippen molar-refractivity contribution in [3.05, 3.63) is 58.8 Å². The molecule has 2 aromatic rings. The van der Waals surface area contributed by atoms with Gasteiger partial charge in [0.1, 0.15) is 5.82 Å². The Morgan fingerprint density at radius 3 is 2.95 bits per heavy atom. The standard InChI is InChI=1S/C18H18N2O/c1-2-4-12-6-7-13-10-18(11-14(13)9-12)15-5-3-8-19-16(15)20-17(18)21/h3,5-9H,2,4,10-11H2,1H3,(H,19,20,21). The quantitative estimate of drug-likeness (QED) is 0.917. The third-order valence-corrected chi connectivity index (χ3v) is 4.78. The molecule has 1 aromatic heterocycles. The Labute approximate surface area is 124 Å². The van der Waals surface area contributed by atoms with Gasteiger partial charge in [-0.1, -0.05) is 37.6 Å². The average Bonchev–Trinajstić information content (AvgIpc) is 2.99. The van der Waals surface area contributed by atoms with Crippen molar-refractivity contribution in [2.24, 2.45) is 0 Å². The summed E-state index contributed by atoms with van der Waals surface area (Å²) >= 11 is 0. The molecule has 21 heavy (non-hydrogen) atoms. The zero-order chi connectivity index (χ0) is 14.4. The minimum atomic E-state index is -0.434. The van der Waals surface area contributed by atoms with Crippen molar-refractivity contribution in [3.63, 3.8) is 0 Å². The van der Waals surface area contributed by atoms with E-state index >= 15 is 0 Å². The lowest BCUT2D eigenvalue weighted by Gasteiger charge is -2.20. The average molecular weight is 278 g/mol. The lowest BCUT2D eigenvalue weighted by Crippen LogP contribution is -2.35. The van der Waals surface area contributed by atoms with Crippen LogP contribution in [0, 0.1) is 0 Å². The maximum atomic E-state index is 12.6. The number of hydrogen-bond acceptors (Lipinski definition) is 2. The van der Waals surface area contributed by atoms with E-state index in [0.29, 0.717) is 0 Å². The van der Waals surface area contributed by atoms with E-state index in [2.05, 4.69) is 35.4 Å². The van der Waals surface area contributed by atoms with E-state index in [9.17, 15) is 4.79 Å². The molecule has 4 rings (SSSR count). The van der Waals surface area contributed by atoms with E-state index in [1.54, 1.807) is 6.20 Å². The number of rotatable bonds is 2. The van der Waals surface area contributed by atoms with E-state index in [1.807, 2.05) is 12.1 Å². The third kappa shape index (κ3) is 1.73. The Kier molecular flexibility index (Phi) is 2.64. The summed E-state index contributed by atoms with van der Waals surface area (Å²) in [6, 6.07) is 10.7. The van der Waals surface area contributed by atoms with Crippen molar-refractivity contribution in [2.45, 2.75) is 38.0 Å². The topological polar surface area (TPSA) is 42.0 Å². The molecule has 0 saturated heterocycles. The van der Waals surface area contributed by atoms with Crippen molar-refractivity contribution >= 4 is 11.7 Å². The fourth-order valence-corrected chi connectivity index (χ4v) is 3.76. The van der Waals surface area contributed by atoms with Crippen LogP contribution in [-0.4, -0.2) is 10.9 Å². The minimum absolute atomic E-state index is 0.101. The molecule has 1 aliphatic heterocycles. The van der Waals surface area contributed by atoms with Crippen LogP contribution in [0.5, 0.6) is 0 Å². The highest BCUT2D eigenvalue weighted by atomic mass is 16.2. The summed E-state index contributed by atoms with van der Waals surface area (Å²) in [7, 11) is 0. The Morgan fingerprint density at radius 1 is 1.24 bits per heavy atom. The van der Waals surface area contributed by atoms with Crippen LogP contribution in [0.4, 0.5) is 5.82 Å². The lowest BCUT2D eigenvalue weighted by molar-refractivity contribution is -0.120. The number of amides is 1. The number of benzene rings is 1. The number of pyridine rings is 1. The highest BCUT2D eigenvalue weighted by molar-refractivity contribution is 6.06. The molecule has 106 valence electrons. The normalized spacial score (nSPS) is 22.2. The van der Waals surface area contributed by atoms with Crippen molar-refractivity contribution in [1.82, 2.24) is 4.98 Å². The fourth-order valence-electron chi connectivity index (χ4n) is 3.76. The molecule has 0 fully saturated rings. The number of nitrogens with zero attached hydrogens (tertiary/aromatic N) is 1. The number of aryl methyl sites for hydroxylation is 1. The number of carbonyl (C=O) groups is 1. The fraction of sp³-hybridized carbons (Fsp3) is 0.333. The van der Waals surface area contributed by atoms with Crippen LogP contribution in [0.25, 0.3) is 0 Å². The Hall–Kier alpha value is -2.16. The minimum Gasteiger partial charge on any atom is -0.310 e. The van der Waals surface area contributed by atoms with Gasteiger partial charge >= 0.3 is 0 Å². The first-order valence-corrected chi connectivity index (χ1v) is 7.60. The molecule has 1 N–H and O–H groups in total. The van der Waals surface area contributed by atoms with Crippen LogP contribution in [0.1, 0.15) is 35.6 Å². The van der Waals surface area contributed by atoms with Crippen LogP contribution in [-0.2, 0) is 29.5 Å². The number of carbonyl (C=O) groups excluding carboxylic acids is 1. The molecule has 1 aromatic carbocycles. The van der Waals surface area contributed by atoms with Gasteiger partial charge in [0.15, 0.2) is 0 Å². The molecule has 3 heteroatoms. The van der Waals surface area contributed by atoms with E-state index < -0.39 is 5.41 Å². The molecule has 3 nitrogen and oxygen atoms in total. The molecule has 0 saturated carbocycles. The first-order valence-electron chi connectivity index (χ1n) is 7.60. The zero-order valence-corrected chi connectivity index (χ0v) is 12.1. The van der Waals surface area contributed by atoms with Crippen LogP contribution in [0.3, 0.4) is 0 Å². The van der Waals surface area contributed by atoms with E-state index in [0.717, 1.165) is 37.1 Å². The van der Waals surface area contributed by atoms with Crippen molar-refractivity contribution < 1.29 is 4.79 Å². The van der Waals surface area contributed by atoms with Crippen LogP contribution in [0.2, 0.25) is 0 Å². The molecule has 1 atom stereocenters. The summed E-state index contributed by atoms with van der Waals surface area (Å²) in [5.41, 5.74) is 4.63. The van der Waals surface area contributed by atoms with Gasteiger partial charge in [0.05, 0.1) is 5.41 Å². The second kappa shape index (κ2) is 4.42. The van der Waals surface area contributed by atoms with Crippen molar-refractivity contribution in [1.29, 1.82) is 0 Å². The van der Waals surface area contributed by atoms with Crippen molar-refractivity contribution in [2.75, 3.05) is 5.32 Å². The van der Waals surface area contributed by atoms with Gasteiger partial charge < -0.3 is 5.32 Å². The Balaban J connectivity index is 1.78. The van der Waals surface area contributed by atoms with Gasteiger partial charge in [0, 0.05) is 11.8 Å². The monoisotopic (exact) mass is 278 g/mol. The van der Waals surface area contributed by atoms with Crippen LogP contribution in [0.15, 0.2) is 36.5 Å². The van der Waals surface area contributed by atoms with Crippen molar-refractivity contribution in [3.8, 4) is 0 Å². The summed E-state index contributed by atoms with van der Waals surface area (Å²) in [6.07, 6.45) is 5.57. The summed E-state index contributed by atoms with van der Waals surface area (Å²) in [5.74, 6) is 0.841. The van der Waals surface area contributed by atoms with Gasteiger partial charge in [-0.2, -0.15) is 0 Å². The highest BCUT2D eigenvalue weighted by Crippen LogP contribution is 2.46. The maximum Gasteiger partial charge on any atom is 0.237 e. The summed E-state index contributed by atoms with van der Waals surface area (Å²) in [4.78, 5) is 16.9. The van der Waals surface area contributed by atoms with Gasteiger partial charge in [-0.3, -0.25) is 4.79 Å². The van der Waals surface area contributed by atoms with E-state index in [-0.39, 0.29) is 5.91 Å². The highest BCUT2D eigenvalue weighted by Gasteiger charge is 2.50. The zero-order valence-electron chi connectivity index (χ0n) is 12.1. The number of fused-ring (bicyclic) bond motifs is 3. The summed E-state index contributed by atoms with van der Waals surface area (Å²) < 4.78 is 0. The largest absolute Gasteiger partial charge is 0.310 e. The summed E-state index contributed by atoms with van der Waals surface area (Å²) in [6.45, 7) is 2.20. The second-order valence-electron chi connectivity index (χ2n) is 6.14. The van der Waals surface area contributed by atoms with Crippen LogP contribution < -0.4 is 5.32 Å². The van der Waals surface area contributed by atoms with E-state index in [1.165, 1.54) is 16.7 Å². The molecular weight excluding hydrogens is 260 g/mol. The molecule has 1 aliphatic carbocycles. The molecule has 1 spiro atoms. The summed E-state index contributed by atoms with van der Waals surface area (Å²) in [5, 5.41) is 2.95. The number of anilines is 1. The molecule has 1 amide bonds. The van der Waals surface area contributed by atoms with E-state index in [4.69, 9.17) is 0 Å². The van der Waals surface area contributed by atoms with Gasteiger partial charge in [-0.05, 0) is 42.0 Å². The van der Waals surface area contributed by atoms with Gasteiger partial charge in [-0.25, -0.2) is 4.98 Å². The predicted octanol–water partition coefficient (Wildman–Crippen LogP) is 3.02. The first-order chi connectivity index (χ1) is 10.2. The second-order valence-corrected chi connectivity index (χ2v) is 6.14. The maximum absolute atomic E-state index is 12.6. The molecule has 0 radical (unpaired) electrons. The number of hydrogen-bond donors (Lipinski definition) is 1. The third-order valence-electron chi connectivity index (χ3n) is 4.78.